The van der Waals surface area contributed by atoms with Gasteiger partial charge in [0.2, 0.25) is 0 Å². The van der Waals surface area contributed by atoms with Crippen LogP contribution in [0, 0.1) is 11.8 Å². The minimum Gasteiger partial charge on any atom is -0.381 e. The highest BCUT2D eigenvalue weighted by atomic mass is 16.5. The summed E-state index contributed by atoms with van der Waals surface area (Å²) in [6.07, 6.45) is 2.36. The average Bonchev–Trinajstić information content (AvgIpc) is 2.67. The summed E-state index contributed by atoms with van der Waals surface area (Å²) in [5, 5.41) is 0. The molecule has 0 aliphatic carbocycles. The van der Waals surface area contributed by atoms with E-state index < -0.39 is 0 Å². The van der Waals surface area contributed by atoms with Gasteiger partial charge in [0.15, 0.2) is 0 Å². The van der Waals surface area contributed by atoms with Gasteiger partial charge in [-0.3, -0.25) is 0 Å². The number of nitrogens with two attached hydrogens (primary N) is 1. The summed E-state index contributed by atoms with van der Waals surface area (Å²) >= 11 is 0. The van der Waals surface area contributed by atoms with Crippen LogP contribution in [0.25, 0.3) is 0 Å². The van der Waals surface area contributed by atoms with Crippen molar-refractivity contribution in [2.45, 2.75) is 18.9 Å². The normalized spacial score (nSPS) is 35.6. The Balaban J connectivity index is 1.70. The topological polar surface area (TPSA) is 41.7 Å². The Kier molecular flexibility index (Phi) is 4.79. The predicted octanol–water partition coefficient (Wildman–Crippen LogP) is 0.234. The van der Waals surface area contributed by atoms with Crippen molar-refractivity contribution in [1.82, 2.24) is 9.80 Å². The second kappa shape index (κ2) is 6.14. The van der Waals surface area contributed by atoms with Crippen molar-refractivity contribution < 1.29 is 4.74 Å². The fourth-order valence-electron chi connectivity index (χ4n) is 3.09. The molecule has 0 saturated carbocycles. The largest absolute Gasteiger partial charge is 0.381 e. The van der Waals surface area contributed by atoms with Crippen molar-refractivity contribution >= 4 is 0 Å². The van der Waals surface area contributed by atoms with Gasteiger partial charge in [-0.25, -0.2) is 0 Å². The van der Waals surface area contributed by atoms with E-state index in [1.54, 1.807) is 0 Å². The molecular formula is C13H27N3O. The quantitative estimate of drug-likeness (QED) is 0.765. The molecule has 17 heavy (non-hydrogen) atoms. The van der Waals surface area contributed by atoms with E-state index in [0.717, 1.165) is 32.1 Å². The Morgan fingerprint density at radius 3 is 2.82 bits per heavy atom. The smallest absolute Gasteiger partial charge is 0.0521 e. The molecule has 100 valence electrons. The van der Waals surface area contributed by atoms with Crippen molar-refractivity contribution in [3.05, 3.63) is 0 Å². The summed E-state index contributed by atoms with van der Waals surface area (Å²) in [7, 11) is 4.44. The average molecular weight is 241 g/mol. The third kappa shape index (κ3) is 3.91. The van der Waals surface area contributed by atoms with E-state index in [9.17, 15) is 0 Å². The minimum atomic E-state index is 0.331. The zero-order valence-corrected chi connectivity index (χ0v) is 11.3. The minimum absolute atomic E-state index is 0.331. The lowest BCUT2D eigenvalue weighted by atomic mass is 9.96. The van der Waals surface area contributed by atoms with Gasteiger partial charge in [-0.15, -0.1) is 0 Å². The van der Waals surface area contributed by atoms with Crippen LogP contribution in [-0.4, -0.2) is 69.3 Å². The molecule has 0 aromatic heterocycles. The molecule has 0 radical (unpaired) electrons. The van der Waals surface area contributed by atoms with Crippen LogP contribution in [0.1, 0.15) is 12.8 Å². The first-order valence-electron chi connectivity index (χ1n) is 6.85. The Hall–Kier alpha value is -0.160. The summed E-state index contributed by atoms with van der Waals surface area (Å²) in [5.41, 5.74) is 6.14. The summed E-state index contributed by atoms with van der Waals surface area (Å²) in [4.78, 5) is 4.87. The van der Waals surface area contributed by atoms with Gasteiger partial charge < -0.3 is 20.3 Å². The molecule has 2 heterocycles. The maximum absolute atomic E-state index is 6.14. The molecule has 0 aromatic carbocycles. The van der Waals surface area contributed by atoms with E-state index in [0.29, 0.717) is 12.0 Å². The van der Waals surface area contributed by atoms with E-state index in [1.807, 2.05) is 0 Å². The number of hydrogen-bond donors (Lipinski definition) is 1. The van der Waals surface area contributed by atoms with Crippen LogP contribution in [0.2, 0.25) is 0 Å². The lowest BCUT2D eigenvalue weighted by Crippen LogP contribution is -2.45. The van der Waals surface area contributed by atoms with Gasteiger partial charge >= 0.3 is 0 Å². The van der Waals surface area contributed by atoms with Crippen LogP contribution < -0.4 is 5.73 Å². The zero-order valence-electron chi connectivity index (χ0n) is 11.3. The summed E-state index contributed by atoms with van der Waals surface area (Å²) in [5.74, 6) is 1.36. The molecule has 2 rings (SSSR count). The molecule has 2 aliphatic rings. The molecule has 2 N–H and O–H groups in total. The Morgan fingerprint density at radius 2 is 2.18 bits per heavy atom. The first-order valence-corrected chi connectivity index (χ1v) is 6.85. The standard InChI is InChI=1S/C13H27N3O/c1-15-5-3-11(7-15)8-16(2)9-12-10-17-6-4-13(12)14/h11-13H,3-10,14H2,1-2H3. The summed E-state index contributed by atoms with van der Waals surface area (Å²) < 4.78 is 5.53. The molecule has 0 aromatic rings. The highest BCUT2D eigenvalue weighted by Crippen LogP contribution is 2.18. The fraction of sp³-hybridized carbons (Fsp3) is 1.00. The van der Waals surface area contributed by atoms with Gasteiger partial charge in [0.25, 0.3) is 0 Å². The lowest BCUT2D eigenvalue weighted by Gasteiger charge is -2.32. The number of hydrogen-bond acceptors (Lipinski definition) is 4. The number of nitrogens with zero attached hydrogens (tertiary/aromatic N) is 2. The molecule has 3 unspecified atom stereocenters. The van der Waals surface area contributed by atoms with Crippen LogP contribution >= 0.6 is 0 Å². The predicted molar refractivity (Wildman–Crippen MR) is 70.0 cm³/mol. The van der Waals surface area contributed by atoms with Crippen molar-refractivity contribution in [3.8, 4) is 0 Å². The molecule has 4 heteroatoms. The van der Waals surface area contributed by atoms with Gasteiger partial charge in [0.1, 0.15) is 0 Å². The van der Waals surface area contributed by atoms with Crippen LogP contribution in [0.3, 0.4) is 0 Å². The molecule has 2 saturated heterocycles. The van der Waals surface area contributed by atoms with Crippen molar-refractivity contribution in [2.24, 2.45) is 17.6 Å². The SMILES string of the molecule is CN1CCC(CN(C)CC2COCCC2N)C1. The van der Waals surface area contributed by atoms with Gasteiger partial charge in [0, 0.05) is 38.2 Å². The van der Waals surface area contributed by atoms with Crippen LogP contribution in [-0.2, 0) is 4.74 Å². The highest BCUT2D eigenvalue weighted by Gasteiger charge is 2.26. The molecule has 2 fully saturated rings. The van der Waals surface area contributed by atoms with E-state index >= 15 is 0 Å². The molecular weight excluding hydrogens is 214 g/mol. The third-order valence-electron chi connectivity index (χ3n) is 4.14. The van der Waals surface area contributed by atoms with E-state index in [-0.39, 0.29) is 0 Å². The first-order chi connectivity index (χ1) is 8.15. The number of ether oxygens (including phenoxy) is 1. The van der Waals surface area contributed by atoms with Crippen molar-refractivity contribution in [2.75, 3.05) is 53.5 Å². The lowest BCUT2D eigenvalue weighted by molar-refractivity contribution is 0.0279. The Morgan fingerprint density at radius 1 is 1.35 bits per heavy atom. The molecule has 0 bridgehead atoms. The van der Waals surface area contributed by atoms with E-state index in [4.69, 9.17) is 10.5 Å². The van der Waals surface area contributed by atoms with Crippen LogP contribution in [0.5, 0.6) is 0 Å². The number of rotatable bonds is 4. The van der Waals surface area contributed by atoms with Gasteiger partial charge in [-0.2, -0.15) is 0 Å². The molecule has 0 amide bonds. The van der Waals surface area contributed by atoms with Crippen molar-refractivity contribution in [1.29, 1.82) is 0 Å². The Labute approximate surface area is 105 Å². The van der Waals surface area contributed by atoms with Crippen LogP contribution in [0.4, 0.5) is 0 Å². The summed E-state index contributed by atoms with van der Waals surface area (Å²) in [6, 6.07) is 0.331. The zero-order chi connectivity index (χ0) is 12.3. The molecule has 0 spiro atoms. The first kappa shape index (κ1) is 13.3. The second-order valence-electron chi connectivity index (χ2n) is 5.93. The van der Waals surface area contributed by atoms with Crippen LogP contribution in [0.15, 0.2) is 0 Å². The second-order valence-corrected chi connectivity index (χ2v) is 5.93. The maximum Gasteiger partial charge on any atom is 0.0521 e. The molecule has 3 atom stereocenters. The summed E-state index contributed by atoms with van der Waals surface area (Å²) in [6.45, 7) is 6.47. The Bertz CT molecular complexity index is 237. The van der Waals surface area contributed by atoms with Gasteiger partial charge in [-0.05, 0) is 39.4 Å². The maximum atomic E-state index is 6.14. The highest BCUT2D eigenvalue weighted by molar-refractivity contribution is 4.81. The van der Waals surface area contributed by atoms with Gasteiger partial charge in [-0.1, -0.05) is 0 Å². The third-order valence-corrected chi connectivity index (χ3v) is 4.14. The number of likely N-dealkylation sites (tertiary alicyclic amines) is 1. The van der Waals surface area contributed by atoms with E-state index in [1.165, 1.54) is 26.1 Å². The van der Waals surface area contributed by atoms with Gasteiger partial charge in [0.05, 0.1) is 6.61 Å². The monoisotopic (exact) mass is 241 g/mol. The fourth-order valence-corrected chi connectivity index (χ4v) is 3.09. The van der Waals surface area contributed by atoms with E-state index in [2.05, 4.69) is 23.9 Å². The molecule has 4 nitrogen and oxygen atoms in total. The molecule has 2 aliphatic heterocycles. The van der Waals surface area contributed by atoms with Crippen molar-refractivity contribution in [3.63, 3.8) is 0 Å².